The monoisotopic (exact) mass is 333 g/mol. The minimum atomic E-state index is -4.36. The van der Waals surface area contributed by atoms with E-state index in [-0.39, 0.29) is 12.5 Å². The molecule has 0 saturated carbocycles. The number of carbonyl (C=O) groups is 1. The van der Waals surface area contributed by atoms with Crippen LogP contribution in [0.25, 0.3) is 0 Å². The van der Waals surface area contributed by atoms with E-state index in [1.54, 1.807) is 6.33 Å². The Hall–Kier alpha value is -1.64. The SMILES string of the molecule is CCn1cnnc1C1CCN(CC(=O)N(C)CC(F)(F)F)CC1. The van der Waals surface area contributed by atoms with Crippen LogP contribution in [-0.4, -0.2) is 69.9 Å². The van der Waals surface area contributed by atoms with Gasteiger partial charge in [0, 0.05) is 19.5 Å². The Morgan fingerprint density at radius 1 is 1.39 bits per heavy atom. The van der Waals surface area contributed by atoms with Crippen molar-refractivity contribution in [1.82, 2.24) is 24.6 Å². The Balaban J connectivity index is 1.82. The third-order valence-corrected chi connectivity index (χ3v) is 4.14. The summed E-state index contributed by atoms with van der Waals surface area (Å²) in [5, 5.41) is 8.08. The lowest BCUT2D eigenvalue weighted by molar-refractivity contribution is -0.159. The van der Waals surface area contributed by atoms with E-state index in [1.165, 1.54) is 7.05 Å². The topological polar surface area (TPSA) is 54.3 Å². The van der Waals surface area contributed by atoms with Gasteiger partial charge in [-0.25, -0.2) is 0 Å². The maximum atomic E-state index is 12.3. The van der Waals surface area contributed by atoms with Crippen molar-refractivity contribution in [3.8, 4) is 0 Å². The number of halogens is 3. The van der Waals surface area contributed by atoms with Gasteiger partial charge >= 0.3 is 6.18 Å². The molecular formula is C14H22F3N5O. The van der Waals surface area contributed by atoms with Gasteiger partial charge in [-0.05, 0) is 32.9 Å². The maximum absolute atomic E-state index is 12.3. The molecule has 0 N–H and O–H groups in total. The molecule has 0 bridgehead atoms. The molecule has 0 radical (unpaired) electrons. The molecule has 1 saturated heterocycles. The van der Waals surface area contributed by atoms with E-state index >= 15 is 0 Å². The molecule has 0 unspecified atom stereocenters. The Morgan fingerprint density at radius 2 is 2.04 bits per heavy atom. The average molecular weight is 333 g/mol. The van der Waals surface area contributed by atoms with Crippen LogP contribution >= 0.6 is 0 Å². The highest BCUT2D eigenvalue weighted by molar-refractivity contribution is 5.78. The summed E-state index contributed by atoms with van der Waals surface area (Å²) in [7, 11) is 1.19. The van der Waals surface area contributed by atoms with E-state index in [9.17, 15) is 18.0 Å². The van der Waals surface area contributed by atoms with Crippen LogP contribution < -0.4 is 0 Å². The van der Waals surface area contributed by atoms with Crippen molar-refractivity contribution in [3.63, 3.8) is 0 Å². The lowest BCUT2D eigenvalue weighted by atomic mass is 9.96. The van der Waals surface area contributed by atoms with Crippen molar-refractivity contribution in [2.45, 2.75) is 38.4 Å². The second-order valence-corrected chi connectivity index (χ2v) is 5.89. The highest BCUT2D eigenvalue weighted by atomic mass is 19.4. The van der Waals surface area contributed by atoms with Gasteiger partial charge in [0.1, 0.15) is 18.7 Å². The van der Waals surface area contributed by atoms with Crippen LogP contribution in [-0.2, 0) is 11.3 Å². The minimum absolute atomic E-state index is 0.0275. The molecule has 1 aliphatic heterocycles. The first kappa shape index (κ1) is 17.7. The van der Waals surface area contributed by atoms with E-state index in [2.05, 4.69) is 10.2 Å². The van der Waals surface area contributed by atoms with Gasteiger partial charge in [0.15, 0.2) is 0 Å². The quantitative estimate of drug-likeness (QED) is 0.819. The summed E-state index contributed by atoms with van der Waals surface area (Å²) in [6, 6.07) is 0. The van der Waals surface area contributed by atoms with Gasteiger partial charge in [0.2, 0.25) is 5.91 Å². The number of aryl methyl sites for hydroxylation is 1. The second-order valence-electron chi connectivity index (χ2n) is 5.89. The third-order valence-electron chi connectivity index (χ3n) is 4.14. The summed E-state index contributed by atoms with van der Waals surface area (Å²) in [6.45, 7) is 3.00. The summed E-state index contributed by atoms with van der Waals surface area (Å²) < 4.78 is 38.9. The van der Waals surface area contributed by atoms with Crippen LogP contribution in [0.15, 0.2) is 6.33 Å². The van der Waals surface area contributed by atoms with Crippen molar-refractivity contribution in [3.05, 3.63) is 12.2 Å². The van der Waals surface area contributed by atoms with Crippen molar-refractivity contribution in [1.29, 1.82) is 0 Å². The minimum Gasteiger partial charge on any atom is -0.336 e. The van der Waals surface area contributed by atoms with Gasteiger partial charge in [-0.2, -0.15) is 13.2 Å². The summed E-state index contributed by atoms with van der Waals surface area (Å²) in [4.78, 5) is 14.5. The molecule has 2 heterocycles. The first-order valence-electron chi connectivity index (χ1n) is 7.71. The molecular weight excluding hydrogens is 311 g/mol. The Kier molecular flexibility index (Phi) is 5.61. The van der Waals surface area contributed by atoms with Gasteiger partial charge in [0.25, 0.3) is 0 Å². The van der Waals surface area contributed by atoms with Crippen molar-refractivity contribution >= 4 is 5.91 Å². The number of nitrogens with zero attached hydrogens (tertiary/aromatic N) is 5. The van der Waals surface area contributed by atoms with E-state index in [0.29, 0.717) is 13.1 Å². The lowest BCUT2D eigenvalue weighted by Crippen LogP contribution is -2.44. The number of piperidine rings is 1. The largest absolute Gasteiger partial charge is 0.406 e. The molecule has 1 aromatic rings. The Morgan fingerprint density at radius 3 is 2.61 bits per heavy atom. The number of likely N-dealkylation sites (N-methyl/N-ethyl adjacent to an activating group) is 1. The third kappa shape index (κ3) is 4.92. The summed E-state index contributed by atoms with van der Waals surface area (Å²) in [5.41, 5.74) is 0. The van der Waals surface area contributed by atoms with Crippen LogP contribution in [0.5, 0.6) is 0 Å². The summed E-state index contributed by atoms with van der Waals surface area (Å²) in [5.74, 6) is 0.738. The zero-order chi connectivity index (χ0) is 17.0. The Labute approximate surface area is 133 Å². The smallest absolute Gasteiger partial charge is 0.336 e. The van der Waals surface area contributed by atoms with E-state index < -0.39 is 18.6 Å². The predicted octanol–water partition coefficient (Wildman–Crippen LogP) is 1.50. The first-order valence-corrected chi connectivity index (χ1v) is 7.71. The molecule has 1 fully saturated rings. The molecule has 6 nitrogen and oxygen atoms in total. The molecule has 0 aromatic carbocycles. The standard InChI is InChI=1S/C14H22F3N5O/c1-3-22-10-18-19-13(22)11-4-6-21(7-5-11)8-12(23)20(2)9-14(15,16)17/h10-11H,3-9H2,1-2H3. The molecule has 9 heteroatoms. The predicted molar refractivity (Wildman–Crippen MR) is 77.8 cm³/mol. The van der Waals surface area contributed by atoms with Crippen LogP contribution in [0, 0.1) is 0 Å². The van der Waals surface area contributed by atoms with E-state index in [4.69, 9.17) is 0 Å². The fourth-order valence-electron chi connectivity index (χ4n) is 2.84. The zero-order valence-corrected chi connectivity index (χ0v) is 13.4. The number of rotatable bonds is 5. The molecule has 2 rings (SSSR count). The maximum Gasteiger partial charge on any atom is 0.406 e. The number of aromatic nitrogens is 3. The number of likely N-dealkylation sites (tertiary alicyclic amines) is 1. The summed E-state index contributed by atoms with van der Waals surface area (Å²) >= 11 is 0. The molecule has 0 aliphatic carbocycles. The fourth-order valence-corrected chi connectivity index (χ4v) is 2.84. The van der Waals surface area contributed by atoms with Gasteiger partial charge in [-0.3, -0.25) is 9.69 Å². The highest BCUT2D eigenvalue weighted by Gasteiger charge is 2.32. The van der Waals surface area contributed by atoms with Gasteiger partial charge in [-0.15, -0.1) is 10.2 Å². The molecule has 0 spiro atoms. The molecule has 1 aromatic heterocycles. The number of hydrogen-bond donors (Lipinski definition) is 0. The molecule has 1 aliphatic rings. The van der Waals surface area contributed by atoms with Crippen molar-refractivity contribution in [2.75, 3.05) is 33.2 Å². The second kappa shape index (κ2) is 7.29. The zero-order valence-electron chi connectivity index (χ0n) is 13.4. The van der Waals surface area contributed by atoms with E-state index in [0.717, 1.165) is 30.1 Å². The average Bonchev–Trinajstić information content (AvgIpc) is 2.94. The molecule has 130 valence electrons. The van der Waals surface area contributed by atoms with Crippen LogP contribution in [0.2, 0.25) is 0 Å². The van der Waals surface area contributed by atoms with Gasteiger partial charge in [-0.1, -0.05) is 0 Å². The molecule has 23 heavy (non-hydrogen) atoms. The Bertz CT molecular complexity index is 523. The van der Waals surface area contributed by atoms with Crippen molar-refractivity contribution in [2.24, 2.45) is 0 Å². The van der Waals surface area contributed by atoms with Crippen molar-refractivity contribution < 1.29 is 18.0 Å². The van der Waals surface area contributed by atoms with Gasteiger partial charge < -0.3 is 9.47 Å². The van der Waals surface area contributed by atoms with Crippen LogP contribution in [0.3, 0.4) is 0 Å². The molecule has 0 atom stereocenters. The number of amides is 1. The van der Waals surface area contributed by atoms with Crippen LogP contribution in [0.4, 0.5) is 13.2 Å². The van der Waals surface area contributed by atoms with E-state index in [1.807, 2.05) is 16.4 Å². The lowest BCUT2D eigenvalue weighted by Gasteiger charge is -2.32. The van der Waals surface area contributed by atoms with Crippen LogP contribution in [0.1, 0.15) is 31.5 Å². The summed E-state index contributed by atoms with van der Waals surface area (Å²) in [6.07, 6.45) is -0.997. The normalized spacial score (nSPS) is 17.4. The first-order chi connectivity index (χ1) is 10.8. The number of alkyl halides is 3. The number of hydrogen-bond acceptors (Lipinski definition) is 4. The number of carbonyl (C=O) groups excluding carboxylic acids is 1. The molecule has 1 amide bonds. The highest BCUT2D eigenvalue weighted by Crippen LogP contribution is 2.26. The fraction of sp³-hybridized carbons (Fsp3) is 0.786. The van der Waals surface area contributed by atoms with Gasteiger partial charge in [0.05, 0.1) is 6.54 Å².